The maximum Gasteiger partial charge on any atom is 0.270 e. The number of thiocarbonyl (C=S) groups is 1. The first-order chi connectivity index (χ1) is 19.5. The fraction of sp³-hybridized carbons (Fsp3) is 0.206. The van der Waals surface area contributed by atoms with E-state index in [4.69, 9.17) is 12.2 Å². The first-order valence-corrected chi connectivity index (χ1v) is 14.9. The van der Waals surface area contributed by atoms with E-state index in [0.29, 0.717) is 5.69 Å². The Bertz CT molecular complexity index is 1830. The molecule has 204 valence electrons. The van der Waals surface area contributed by atoms with Crippen LogP contribution in [0.5, 0.6) is 0 Å². The lowest BCUT2D eigenvalue weighted by Crippen LogP contribution is -2.54. The Balaban J connectivity index is 1.41. The second-order valence-electron chi connectivity index (χ2n) is 11.9. The van der Waals surface area contributed by atoms with E-state index < -0.39 is 11.8 Å². The quantitative estimate of drug-likeness (QED) is 0.140. The Morgan fingerprint density at radius 1 is 0.732 bits per heavy atom. The number of hydrogen-bond donors (Lipinski definition) is 0. The maximum atomic E-state index is 13.8. The van der Waals surface area contributed by atoms with Gasteiger partial charge in [0.1, 0.15) is 10.6 Å². The summed E-state index contributed by atoms with van der Waals surface area (Å²) in [6.45, 7) is 9.11. The SMILES string of the molecule is CN1C(=O)/C(=C\c2cc3c(s2)N2c4ccccc4C(C)(C)c4cccc(c42)C3(C)C)C(=O)N(c2ccccc2)C1=S. The van der Waals surface area contributed by atoms with Crippen molar-refractivity contribution < 1.29 is 9.59 Å². The fourth-order valence-electron chi connectivity index (χ4n) is 6.48. The van der Waals surface area contributed by atoms with Gasteiger partial charge in [-0.3, -0.25) is 19.4 Å². The molecule has 0 N–H and O–H groups in total. The summed E-state index contributed by atoms with van der Waals surface area (Å²) in [5.74, 6) is -0.806. The maximum absolute atomic E-state index is 13.8. The lowest BCUT2D eigenvalue weighted by Gasteiger charge is -2.48. The molecule has 5 nitrogen and oxygen atoms in total. The van der Waals surface area contributed by atoms with Crippen LogP contribution < -0.4 is 9.80 Å². The van der Waals surface area contributed by atoms with E-state index in [1.807, 2.05) is 30.3 Å². The molecular weight excluding hydrogens is 547 g/mol. The molecule has 0 radical (unpaired) electrons. The minimum absolute atomic E-state index is 0.0970. The van der Waals surface area contributed by atoms with Crippen LogP contribution in [-0.4, -0.2) is 28.9 Å². The molecule has 1 fully saturated rings. The van der Waals surface area contributed by atoms with E-state index in [-0.39, 0.29) is 21.5 Å². The summed E-state index contributed by atoms with van der Waals surface area (Å²) < 4.78 is 0. The fourth-order valence-corrected chi connectivity index (χ4v) is 8.04. The summed E-state index contributed by atoms with van der Waals surface area (Å²) in [6.07, 6.45) is 1.74. The number of hydrogen-bond acceptors (Lipinski definition) is 5. The highest BCUT2D eigenvalue weighted by Gasteiger charge is 2.46. The summed E-state index contributed by atoms with van der Waals surface area (Å²) in [5.41, 5.74) is 7.72. The first-order valence-electron chi connectivity index (χ1n) is 13.6. The molecule has 3 aliphatic rings. The van der Waals surface area contributed by atoms with Crippen molar-refractivity contribution in [2.75, 3.05) is 16.8 Å². The second kappa shape index (κ2) is 8.71. The minimum Gasteiger partial charge on any atom is -0.301 e. The molecule has 4 aromatic rings. The smallest absolute Gasteiger partial charge is 0.270 e. The van der Waals surface area contributed by atoms with Crippen LogP contribution >= 0.6 is 23.6 Å². The number of carbonyl (C=O) groups excluding carboxylic acids is 2. The van der Waals surface area contributed by atoms with Crippen molar-refractivity contribution in [1.82, 2.24) is 4.90 Å². The number of nitrogens with zero attached hydrogens (tertiary/aromatic N) is 3. The molecule has 2 amide bonds. The molecule has 3 aliphatic heterocycles. The molecule has 7 rings (SSSR count). The van der Waals surface area contributed by atoms with Crippen molar-refractivity contribution in [1.29, 1.82) is 0 Å². The van der Waals surface area contributed by atoms with Gasteiger partial charge in [-0.1, -0.05) is 82.3 Å². The van der Waals surface area contributed by atoms with Crippen molar-refractivity contribution in [3.63, 3.8) is 0 Å². The second-order valence-corrected chi connectivity index (χ2v) is 13.3. The zero-order valence-corrected chi connectivity index (χ0v) is 25.2. The van der Waals surface area contributed by atoms with Crippen LogP contribution in [0.3, 0.4) is 0 Å². The van der Waals surface area contributed by atoms with Crippen LogP contribution in [0, 0.1) is 0 Å². The Morgan fingerprint density at radius 2 is 1.34 bits per heavy atom. The summed E-state index contributed by atoms with van der Waals surface area (Å²) in [4.78, 5) is 33.2. The monoisotopic (exact) mass is 575 g/mol. The molecule has 0 saturated carbocycles. The molecule has 4 heterocycles. The van der Waals surface area contributed by atoms with Crippen LogP contribution in [0.1, 0.15) is 54.8 Å². The molecule has 1 aromatic heterocycles. The molecule has 3 aromatic carbocycles. The third-order valence-corrected chi connectivity index (χ3v) is 10.3. The molecule has 0 aliphatic carbocycles. The summed E-state index contributed by atoms with van der Waals surface area (Å²) in [7, 11) is 1.62. The van der Waals surface area contributed by atoms with Crippen molar-refractivity contribution in [2.45, 2.75) is 38.5 Å². The minimum atomic E-state index is -0.412. The lowest BCUT2D eigenvalue weighted by molar-refractivity contribution is -0.127. The number of para-hydroxylation sites is 3. The Hall–Kier alpha value is -4.07. The van der Waals surface area contributed by atoms with Gasteiger partial charge in [0.25, 0.3) is 11.8 Å². The summed E-state index contributed by atoms with van der Waals surface area (Å²) in [6, 6.07) is 26.6. The van der Waals surface area contributed by atoms with Crippen molar-refractivity contribution in [3.05, 3.63) is 112 Å². The van der Waals surface area contributed by atoms with E-state index in [1.54, 1.807) is 24.5 Å². The zero-order valence-electron chi connectivity index (χ0n) is 23.6. The van der Waals surface area contributed by atoms with Gasteiger partial charge in [-0.15, -0.1) is 11.3 Å². The average Bonchev–Trinajstić information content (AvgIpc) is 3.39. The largest absolute Gasteiger partial charge is 0.301 e. The number of fused-ring (bicyclic) bond motifs is 4. The van der Waals surface area contributed by atoms with Crippen LogP contribution in [-0.2, 0) is 20.4 Å². The lowest BCUT2D eigenvalue weighted by atomic mass is 9.67. The van der Waals surface area contributed by atoms with Gasteiger partial charge in [0.2, 0.25) is 0 Å². The van der Waals surface area contributed by atoms with Crippen molar-refractivity contribution >= 4 is 68.6 Å². The van der Waals surface area contributed by atoms with Gasteiger partial charge >= 0.3 is 0 Å². The van der Waals surface area contributed by atoms with E-state index in [1.165, 1.54) is 43.4 Å². The summed E-state index contributed by atoms with van der Waals surface area (Å²) >= 11 is 7.14. The molecular formula is C34H29N3O2S2. The number of likely N-dealkylation sites (N-methyl/N-ethyl adjacent to an activating group) is 1. The Labute approximate surface area is 249 Å². The summed E-state index contributed by atoms with van der Waals surface area (Å²) in [5, 5.41) is 1.29. The predicted octanol–water partition coefficient (Wildman–Crippen LogP) is 7.67. The molecule has 41 heavy (non-hydrogen) atoms. The number of amides is 2. The number of carbonyl (C=O) groups is 2. The van der Waals surface area contributed by atoms with E-state index in [0.717, 1.165) is 9.88 Å². The van der Waals surface area contributed by atoms with Crippen molar-refractivity contribution in [3.8, 4) is 0 Å². The average molecular weight is 576 g/mol. The number of benzene rings is 3. The van der Waals surface area contributed by atoms with Crippen LogP contribution in [0.25, 0.3) is 6.08 Å². The van der Waals surface area contributed by atoms with Gasteiger partial charge in [-0.2, -0.15) is 0 Å². The molecule has 0 bridgehead atoms. The highest BCUT2D eigenvalue weighted by molar-refractivity contribution is 7.80. The predicted molar refractivity (Wildman–Crippen MR) is 171 cm³/mol. The van der Waals surface area contributed by atoms with E-state index in [9.17, 15) is 9.59 Å². The van der Waals surface area contributed by atoms with Gasteiger partial charge in [-0.25, -0.2) is 0 Å². The Kier molecular flexibility index (Phi) is 5.50. The topological polar surface area (TPSA) is 43.9 Å². The van der Waals surface area contributed by atoms with Crippen LogP contribution in [0.15, 0.2) is 84.4 Å². The third-order valence-electron chi connectivity index (χ3n) is 8.78. The van der Waals surface area contributed by atoms with Gasteiger partial charge in [0, 0.05) is 22.8 Å². The third kappa shape index (κ3) is 3.49. The van der Waals surface area contributed by atoms with E-state index in [2.05, 4.69) is 81.1 Å². The van der Waals surface area contributed by atoms with Gasteiger partial charge < -0.3 is 4.90 Å². The van der Waals surface area contributed by atoms with Crippen LogP contribution in [0.2, 0.25) is 0 Å². The van der Waals surface area contributed by atoms with Gasteiger partial charge in [0.15, 0.2) is 5.11 Å². The number of rotatable bonds is 2. The molecule has 0 atom stereocenters. The molecule has 0 unspecified atom stereocenters. The highest BCUT2D eigenvalue weighted by Crippen LogP contribution is 2.61. The molecule has 0 spiro atoms. The van der Waals surface area contributed by atoms with Crippen LogP contribution in [0.4, 0.5) is 22.1 Å². The van der Waals surface area contributed by atoms with E-state index >= 15 is 0 Å². The Morgan fingerprint density at radius 3 is 2.05 bits per heavy atom. The number of thiophene rings is 1. The van der Waals surface area contributed by atoms with Gasteiger partial charge in [0.05, 0.1) is 17.1 Å². The molecule has 1 saturated heterocycles. The standard InChI is InChI=1S/C34H29N3O2S2/c1-33(2)23-14-9-10-17-27(23)37-28-24(33)15-11-16-25(28)34(3,4)26-19-21(41-31(26)37)18-22-29(38)35(5)32(40)36(30(22)39)20-12-7-6-8-13-20/h6-19H,1-5H3/b22-18+. The number of anilines is 4. The molecule has 7 heteroatoms. The normalized spacial score (nSPS) is 19.3. The highest BCUT2D eigenvalue weighted by atomic mass is 32.1. The van der Waals surface area contributed by atoms with Crippen molar-refractivity contribution in [2.24, 2.45) is 0 Å². The van der Waals surface area contributed by atoms with Gasteiger partial charge in [-0.05, 0) is 64.8 Å². The zero-order chi connectivity index (χ0) is 28.8. The first kappa shape index (κ1) is 25.9.